The number of likely N-dealkylation sites (tertiary alicyclic amines) is 1. The van der Waals surface area contributed by atoms with Crippen molar-refractivity contribution in [3.8, 4) is 0 Å². The summed E-state index contributed by atoms with van der Waals surface area (Å²) in [5, 5.41) is 6.56. The van der Waals surface area contributed by atoms with Gasteiger partial charge in [-0.1, -0.05) is 63.0 Å². The number of amidine groups is 1. The van der Waals surface area contributed by atoms with Gasteiger partial charge in [-0.05, 0) is 89.2 Å². The van der Waals surface area contributed by atoms with Crippen LogP contribution >= 0.6 is 0 Å². The second-order valence-electron chi connectivity index (χ2n) is 10.1. The molecule has 0 aromatic heterocycles. The van der Waals surface area contributed by atoms with Crippen molar-refractivity contribution in [3.63, 3.8) is 0 Å². The zero-order chi connectivity index (χ0) is 28.6. The molecule has 5 unspecified atom stereocenters. The minimum atomic E-state index is 0.0502. The molecule has 39 heavy (non-hydrogen) atoms. The summed E-state index contributed by atoms with van der Waals surface area (Å²) in [4.78, 5) is 7.06. The van der Waals surface area contributed by atoms with Gasteiger partial charge in [0.05, 0.1) is 12.4 Å². The predicted molar refractivity (Wildman–Crippen MR) is 166 cm³/mol. The highest BCUT2D eigenvalue weighted by Gasteiger charge is 2.30. The summed E-state index contributed by atoms with van der Waals surface area (Å²) >= 11 is 0. The van der Waals surface area contributed by atoms with Crippen molar-refractivity contribution in [1.29, 1.82) is 0 Å². The molecule has 214 valence electrons. The van der Waals surface area contributed by atoms with Crippen LogP contribution in [0.5, 0.6) is 0 Å². The van der Waals surface area contributed by atoms with Gasteiger partial charge in [-0.2, -0.15) is 0 Å². The summed E-state index contributed by atoms with van der Waals surface area (Å²) in [6.45, 7) is 13.0. The topological polar surface area (TPSA) is 58.1 Å². The number of rotatable bonds is 14. The van der Waals surface area contributed by atoms with Crippen LogP contribution in [0.3, 0.4) is 0 Å². The lowest BCUT2D eigenvalue weighted by Crippen LogP contribution is -2.36. The summed E-state index contributed by atoms with van der Waals surface area (Å²) in [6.07, 6.45) is 28.1. The average molecular weight is 535 g/mol. The van der Waals surface area contributed by atoms with Crippen LogP contribution in [-0.2, 0) is 9.47 Å². The molecule has 1 aliphatic carbocycles. The van der Waals surface area contributed by atoms with Crippen molar-refractivity contribution in [2.75, 3.05) is 27.7 Å². The number of hydrogen-bond donors (Lipinski definition) is 2. The normalized spacial score (nSPS) is 23.7. The van der Waals surface area contributed by atoms with E-state index in [9.17, 15) is 0 Å². The Labute approximate surface area is 237 Å². The van der Waals surface area contributed by atoms with Crippen LogP contribution in [0.4, 0.5) is 0 Å². The molecule has 0 bridgehead atoms. The van der Waals surface area contributed by atoms with Crippen molar-refractivity contribution in [2.45, 2.75) is 65.3 Å². The van der Waals surface area contributed by atoms with E-state index in [-0.39, 0.29) is 6.23 Å². The van der Waals surface area contributed by atoms with Crippen LogP contribution < -0.4 is 10.6 Å². The molecule has 0 saturated carbocycles. The van der Waals surface area contributed by atoms with Crippen LogP contribution in [0.25, 0.3) is 0 Å². The Hall–Kier alpha value is -2.93. The monoisotopic (exact) mass is 534 g/mol. The van der Waals surface area contributed by atoms with Gasteiger partial charge in [0.2, 0.25) is 0 Å². The third-order valence-corrected chi connectivity index (χ3v) is 7.53. The van der Waals surface area contributed by atoms with Gasteiger partial charge in [0.25, 0.3) is 0 Å². The summed E-state index contributed by atoms with van der Waals surface area (Å²) in [5.41, 5.74) is 1.37. The van der Waals surface area contributed by atoms with E-state index in [0.717, 1.165) is 30.9 Å². The molecular formula is C33H50N4O2. The molecule has 0 aromatic carbocycles. The Morgan fingerprint density at radius 3 is 2.77 bits per heavy atom. The molecule has 0 amide bonds. The lowest BCUT2D eigenvalue weighted by atomic mass is 9.92. The lowest BCUT2D eigenvalue weighted by molar-refractivity contribution is 0.0253. The highest BCUT2D eigenvalue weighted by molar-refractivity contribution is 5.80. The quantitative estimate of drug-likeness (QED) is 0.0885. The highest BCUT2D eigenvalue weighted by atomic mass is 16.5. The number of nitrogens with one attached hydrogen (secondary N) is 2. The van der Waals surface area contributed by atoms with E-state index in [4.69, 9.17) is 9.47 Å². The smallest absolute Gasteiger partial charge is 0.127 e. The molecule has 1 fully saturated rings. The van der Waals surface area contributed by atoms with Gasteiger partial charge in [-0.15, -0.1) is 0 Å². The molecule has 0 radical (unpaired) electrons. The molecular weight excluding hydrogens is 484 g/mol. The van der Waals surface area contributed by atoms with Crippen molar-refractivity contribution >= 4 is 5.84 Å². The van der Waals surface area contributed by atoms with Gasteiger partial charge in [-0.25, -0.2) is 0 Å². The standard InChI is InChI=1S/C33H50N4O2/c1-9-28(18-17-25(3)26(4)33(34-6)38-8)32-20-19-29(37(32)7)21-23-35-27(5)36-24-22-30(10-2)39-31-15-13-11-12-14-16-31/h9-11,13-18,21-23,25-26,29,32-34H,2,12,19-20,24H2,1,3-8H3,(H,35,36)/b18-17?,23-21-,28-9?,30-22?. The van der Waals surface area contributed by atoms with Crippen LogP contribution in [0.1, 0.15) is 47.0 Å². The number of allylic oxidation sites excluding steroid dienone is 8. The van der Waals surface area contributed by atoms with Gasteiger partial charge >= 0.3 is 0 Å². The first-order valence-electron chi connectivity index (χ1n) is 14.1. The van der Waals surface area contributed by atoms with Crippen LogP contribution in [0, 0.1) is 11.8 Å². The summed E-state index contributed by atoms with van der Waals surface area (Å²) < 4.78 is 11.5. The molecule has 2 aliphatic rings. The maximum absolute atomic E-state index is 5.90. The first-order chi connectivity index (χ1) is 18.8. The average Bonchev–Trinajstić information content (AvgIpc) is 3.12. The SMILES string of the molecule is C=CC(=CCN=C(C)N/C=C\C1CCC(C(C=CC(C)C(C)C(NC)OC)=CC)N1C)OC1=CC=CCC=C1. The van der Waals surface area contributed by atoms with Gasteiger partial charge in [-0.3, -0.25) is 15.2 Å². The summed E-state index contributed by atoms with van der Waals surface area (Å²) in [7, 11) is 5.92. The zero-order valence-electron chi connectivity index (χ0n) is 25.1. The molecule has 5 atom stereocenters. The molecule has 1 saturated heterocycles. The second kappa shape index (κ2) is 17.6. The van der Waals surface area contributed by atoms with Crippen LogP contribution in [0.2, 0.25) is 0 Å². The van der Waals surface area contributed by atoms with Gasteiger partial charge in [0.1, 0.15) is 17.7 Å². The van der Waals surface area contributed by atoms with Crippen LogP contribution in [0.15, 0.2) is 102 Å². The zero-order valence-corrected chi connectivity index (χ0v) is 25.1. The molecule has 0 aromatic rings. The first-order valence-corrected chi connectivity index (χ1v) is 14.1. The predicted octanol–water partition coefficient (Wildman–Crippen LogP) is 6.42. The van der Waals surface area contributed by atoms with E-state index in [1.165, 1.54) is 5.57 Å². The van der Waals surface area contributed by atoms with Crippen molar-refractivity contribution < 1.29 is 9.47 Å². The summed E-state index contributed by atoms with van der Waals surface area (Å²) in [6, 6.07) is 0.796. The van der Waals surface area contributed by atoms with E-state index in [1.807, 2.05) is 44.5 Å². The number of ether oxygens (including phenoxy) is 2. The van der Waals surface area contributed by atoms with E-state index in [0.29, 0.717) is 36.2 Å². The molecule has 1 heterocycles. The Balaban J connectivity index is 1.88. The molecule has 6 heteroatoms. The molecule has 2 rings (SSSR count). The summed E-state index contributed by atoms with van der Waals surface area (Å²) in [5.74, 6) is 3.13. The van der Waals surface area contributed by atoms with E-state index in [2.05, 4.69) is 91.4 Å². The third-order valence-electron chi connectivity index (χ3n) is 7.53. The fraction of sp³-hybridized carbons (Fsp3) is 0.485. The number of likely N-dealkylation sites (N-methyl/N-ethyl adjacent to an activating group) is 1. The minimum absolute atomic E-state index is 0.0502. The van der Waals surface area contributed by atoms with Gasteiger partial charge < -0.3 is 14.8 Å². The number of hydrogen-bond acceptors (Lipinski definition) is 5. The largest absolute Gasteiger partial charge is 0.458 e. The maximum Gasteiger partial charge on any atom is 0.127 e. The van der Waals surface area contributed by atoms with Gasteiger partial charge in [0, 0.05) is 25.1 Å². The minimum Gasteiger partial charge on any atom is -0.458 e. The fourth-order valence-electron chi connectivity index (χ4n) is 4.84. The maximum atomic E-state index is 5.90. The van der Waals surface area contributed by atoms with Crippen LogP contribution in [-0.4, -0.2) is 56.8 Å². The Morgan fingerprint density at radius 2 is 2.08 bits per heavy atom. The number of methoxy groups -OCH3 is 1. The van der Waals surface area contributed by atoms with Gasteiger partial charge in [0.15, 0.2) is 0 Å². The second-order valence-corrected chi connectivity index (χ2v) is 10.1. The van der Waals surface area contributed by atoms with E-state index >= 15 is 0 Å². The van der Waals surface area contributed by atoms with Crippen molar-refractivity contribution in [2.24, 2.45) is 16.8 Å². The first kappa shape index (κ1) is 32.3. The fourth-order valence-corrected chi connectivity index (χ4v) is 4.84. The van der Waals surface area contributed by atoms with E-state index < -0.39 is 0 Å². The lowest BCUT2D eigenvalue weighted by Gasteiger charge is -2.27. The van der Waals surface area contributed by atoms with E-state index in [1.54, 1.807) is 13.2 Å². The molecule has 1 aliphatic heterocycles. The Kier molecular flexibility index (Phi) is 14.6. The Bertz CT molecular complexity index is 1010. The molecule has 2 N–H and O–H groups in total. The number of nitrogens with zero attached hydrogens (tertiary/aromatic N) is 2. The molecule has 6 nitrogen and oxygen atoms in total. The highest BCUT2D eigenvalue weighted by Crippen LogP contribution is 2.29. The Morgan fingerprint density at radius 1 is 1.28 bits per heavy atom. The molecule has 0 spiro atoms. The third kappa shape index (κ3) is 10.6. The van der Waals surface area contributed by atoms with Crippen molar-refractivity contribution in [3.05, 3.63) is 96.7 Å². The number of aliphatic imine (C=N–C) groups is 1. The van der Waals surface area contributed by atoms with Crippen molar-refractivity contribution in [1.82, 2.24) is 15.5 Å².